The zero-order valence-electron chi connectivity index (χ0n) is 9.96. The van der Waals surface area contributed by atoms with E-state index >= 15 is 0 Å². The first kappa shape index (κ1) is 13.7. The second-order valence-electron chi connectivity index (χ2n) is 3.91. The van der Waals surface area contributed by atoms with Gasteiger partial charge >= 0.3 is 0 Å². The van der Waals surface area contributed by atoms with Crippen LogP contribution in [-0.4, -0.2) is 24.5 Å². The van der Waals surface area contributed by atoms with Crippen molar-refractivity contribution in [2.75, 3.05) is 6.54 Å². The summed E-state index contributed by atoms with van der Waals surface area (Å²) in [7, 11) is -3.37. The summed E-state index contributed by atoms with van der Waals surface area (Å²) in [5, 5.41) is 8.05. The van der Waals surface area contributed by atoms with Crippen molar-refractivity contribution in [2.24, 2.45) is 0 Å². The second-order valence-corrected chi connectivity index (χ2v) is 6.40. The molecule has 5 nitrogen and oxygen atoms in total. The Kier molecular flexibility index (Phi) is 4.73. The second kappa shape index (κ2) is 5.84. The van der Waals surface area contributed by atoms with E-state index in [1.807, 2.05) is 6.07 Å². The third kappa shape index (κ3) is 3.58. The highest BCUT2D eigenvalue weighted by atomic mass is 32.2. The fourth-order valence-electron chi connectivity index (χ4n) is 1.35. The quantitative estimate of drug-likeness (QED) is 0.777. The number of nitrogens with zero attached hydrogens (tertiary/aromatic N) is 2. The van der Waals surface area contributed by atoms with E-state index in [0.29, 0.717) is 5.76 Å². The number of furan rings is 1. The minimum Gasteiger partial charge on any atom is -0.468 e. The lowest BCUT2D eigenvalue weighted by Gasteiger charge is -2.22. The monoisotopic (exact) mass is 256 g/mol. The maximum atomic E-state index is 12.0. The highest BCUT2D eigenvalue weighted by molar-refractivity contribution is 7.89. The summed E-state index contributed by atoms with van der Waals surface area (Å²) in [4.78, 5) is 0. The summed E-state index contributed by atoms with van der Waals surface area (Å²) in [5.41, 5.74) is 0. The Morgan fingerprint density at radius 2 is 2.24 bits per heavy atom. The average molecular weight is 256 g/mol. The van der Waals surface area contributed by atoms with Crippen LogP contribution >= 0.6 is 0 Å². The van der Waals surface area contributed by atoms with Crippen molar-refractivity contribution in [1.29, 1.82) is 5.26 Å². The molecule has 0 unspecified atom stereocenters. The van der Waals surface area contributed by atoms with Crippen molar-refractivity contribution in [3.63, 3.8) is 0 Å². The topological polar surface area (TPSA) is 74.3 Å². The van der Waals surface area contributed by atoms with Gasteiger partial charge in [0.2, 0.25) is 10.0 Å². The molecule has 0 amide bonds. The van der Waals surface area contributed by atoms with Crippen LogP contribution in [0.25, 0.3) is 0 Å². The summed E-state index contributed by atoms with van der Waals surface area (Å²) in [5.74, 6) is 0.576. The summed E-state index contributed by atoms with van der Waals surface area (Å²) in [6.07, 6.45) is 1.67. The first-order chi connectivity index (χ1) is 7.98. The van der Waals surface area contributed by atoms with Gasteiger partial charge in [0.15, 0.2) is 0 Å². The molecule has 0 aromatic carbocycles. The zero-order valence-corrected chi connectivity index (χ0v) is 10.8. The maximum Gasteiger partial charge on any atom is 0.216 e. The molecular formula is C11H16N2O3S. The lowest BCUT2D eigenvalue weighted by atomic mass is 10.4. The number of sulfonamides is 1. The Morgan fingerprint density at radius 1 is 1.53 bits per heavy atom. The first-order valence-electron chi connectivity index (χ1n) is 5.36. The molecule has 0 spiro atoms. The highest BCUT2D eigenvalue weighted by Gasteiger charge is 2.26. The third-order valence-electron chi connectivity index (χ3n) is 2.34. The largest absolute Gasteiger partial charge is 0.468 e. The van der Waals surface area contributed by atoms with Gasteiger partial charge in [-0.1, -0.05) is 0 Å². The van der Waals surface area contributed by atoms with Crippen molar-refractivity contribution < 1.29 is 12.8 Å². The van der Waals surface area contributed by atoms with Crippen LogP contribution in [0.5, 0.6) is 0 Å². The summed E-state index contributed by atoms with van der Waals surface area (Å²) >= 11 is 0. The Balaban J connectivity index is 2.85. The van der Waals surface area contributed by atoms with E-state index in [1.54, 1.807) is 26.0 Å². The van der Waals surface area contributed by atoms with Gasteiger partial charge in [-0.25, -0.2) is 8.42 Å². The molecule has 17 heavy (non-hydrogen) atoms. The Morgan fingerprint density at radius 3 is 2.71 bits per heavy atom. The third-order valence-corrected chi connectivity index (χ3v) is 4.56. The van der Waals surface area contributed by atoms with Crippen LogP contribution in [0.2, 0.25) is 0 Å². The lowest BCUT2D eigenvalue weighted by Crippen LogP contribution is -2.36. The number of hydrogen-bond acceptors (Lipinski definition) is 4. The molecule has 1 aromatic rings. The van der Waals surface area contributed by atoms with E-state index in [0.717, 1.165) is 0 Å². The summed E-state index contributed by atoms with van der Waals surface area (Å²) < 4.78 is 30.5. The van der Waals surface area contributed by atoms with E-state index in [9.17, 15) is 8.42 Å². The van der Waals surface area contributed by atoms with Crippen molar-refractivity contribution in [3.05, 3.63) is 24.2 Å². The molecule has 0 saturated carbocycles. The molecule has 0 atom stereocenters. The molecule has 0 aliphatic rings. The molecule has 6 heteroatoms. The number of hydrogen-bond donors (Lipinski definition) is 0. The standard InChI is InChI=1S/C11H16N2O3S/c1-10(2)17(14,15)13(7-4-6-12)9-11-5-3-8-16-11/h3,5,8,10H,4,7,9H2,1-2H3. The minimum atomic E-state index is -3.37. The van der Waals surface area contributed by atoms with Crippen LogP contribution in [0.15, 0.2) is 22.8 Å². The van der Waals surface area contributed by atoms with Gasteiger partial charge in [0.05, 0.1) is 24.1 Å². The van der Waals surface area contributed by atoms with Gasteiger partial charge in [0.25, 0.3) is 0 Å². The van der Waals surface area contributed by atoms with E-state index in [4.69, 9.17) is 9.68 Å². The zero-order chi connectivity index (χ0) is 12.9. The normalized spacial score (nSPS) is 11.9. The maximum absolute atomic E-state index is 12.0. The van der Waals surface area contributed by atoms with Crippen LogP contribution in [0.4, 0.5) is 0 Å². The van der Waals surface area contributed by atoms with Crippen LogP contribution < -0.4 is 0 Å². The molecule has 0 fully saturated rings. The predicted octanol–water partition coefficient (Wildman–Crippen LogP) is 1.73. The van der Waals surface area contributed by atoms with Crippen LogP contribution in [0, 0.1) is 11.3 Å². The van der Waals surface area contributed by atoms with Gasteiger partial charge in [-0.3, -0.25) is 0 Å². The van der Waals surface area contributed by atoms with E-state index in [1.165, 1.54) is 10.6 Å². The SMILES string of the molecule is CC(C)S(=O)(=O)N(CCC#N)Cc1ccco1. The molecule has 0 bridgehead atoms. The molecular weight excluding hydrogens is 240 g/mol. The van der Waals surface area contributed by atoms with E-state index in [-0.39, 0.29) is 19.5 Å². The van der Waals surface area contributed by atoms with Gasteiger partial charge in [-0.15, -0.1) is 0 Å². The van der Waals surface area contributed by atoms with Gasteiger partial charge < -0.3 is 4.42 Å². The van der Waals surface area contributed by atoms with Gasteiger partial charge in [-0.2, -0.15) is 9.57 Å². The van der Waals surface area contributed by atoms with Crippen LogP contribution in [0.1, 0.15) is 26.0 Å². The fourth-order valence-corrected chi connectivity index (χ4v) is 2.59. The van der Waals surface area contributed by atoms with E-state index in [2.05, 4.69) is 0 Å². The molecule has 0 aliphatic heterocycles. The minimum absolute atomic E-state index is 0.173. The van der Waals surface area contributed by atoms with Crippen molar-refractivity contribution in [1.82, 2.24) is 4.31 Å². The van der Waals surface area contributed by atoms with Crippen molar-refractivity contribution >= 4 is 10.0 Å². The molecule has 0 N–H and O–H groups in total. The van der Waals surface area contributed by atoms with Gasteiger partial charge in [-0.05, 0) is 26.0 Å². The lowest BCUT2D eigenvalue weighted by molar-refractivity contribution is 0.365. The smallest absolute Gasteiger partial charge is 0.216 e. The Hall–Kier alpha value is -1.32. The Labute approximate surface area is 102 Å². The highest BCUT2D eigenvalue weighted by Crippen LogP contribution is 2.14. The molecule has 1 aromatic heterocycles. The number of rotatable bonds is 6. The molecule has 1 heterocycles. The number of nitriles is 1. The van der Waals surface area contributed by atoms with E-state index < -0.39 is 15.3 Å². The molecule has 94 valence electrons. The molecule has 1 rings (SSSR count). The summed E-state index contributed by atoms with van der Waals surface area (Å²) in [6.45, 7) is 3.61. The molecule has 0 aliphatic carbocycles. The predicted molar refractivity (Wildman–Crippen MR) is 63.4 cm³/mol. The van der Waals surface area contributed by atoms with Crippen molar-refractivity contribution in [2.45, 2.75) is 32.1 Å². The first-order valence-corrected chi connectivity index (χ1v) is 6.87. The van der Waals surface area contributed by atoms with Crippen molar-refractivity contribution in [3.8, 4) is 6.07 Å². The van der Waals surface area contributed by atoms with Crippen LogP contribution in [-0.2, 0) is 16.6 Å². The van der Waals surface area contributed by atoms with Crippen LogP contribution in [0.3, 0.4) is 0 Å². The van der Waals surface area contributed by atoms with Gasteiger partial charge in [0.1, 0.15) is 5.76 Å². The average Bonchev–Trinajstić information content (AvgIpc) is 2.76. The Bertz CT molecular complexity index is 471. The molecule has 0 saturated heterocycles. The fraction of sp³-hybridized carbons (Fsp3) is 0.545. The summed E-state index contributed by atoms with van der Waals surface area (Å²) in [6, 6.07) is 5.38. The van der Waals surface area contributed by atoms with Gasteiger partial charge in [0, 0.05) is 13.0 Å². The molecule has 0 radical (unpaired) electrons.